The highest BCUT2D eigenvalue weighted by Gasteiger charge is 2.31. The van der Waals surface area contributed by atoms with E-state index in [9.17, 15) is 4.79 Å². The average molecular weight is 277 g/mol. The molecule has 3 rings (SSSR count). The zero-order chi connectivity index (χ0) is 14.2. The van der Waals surface area contributed by atoms with Crippen LogP contribution in [0.2, 0.25) is 0 Å². The number of carbonyl (C=O) groups is 1. The second kappa shape index (κ2) is 5.16. The number of rotatable bonds is 4. The second-order valence-electron chi connectivity index (χ2n) is 6.62. The van der Waals surface area contributed by atoms with Crippen LogP contribution in [0.4, 0.5) is 0 Å². The summed E-state index contributed by atoms with van der Waals surface area (Å²) < 4.78 is 0. The summed E-state index contributed by atoms with van der Waals surface area (Å²) in [5.41, 5.74) is 0.192. The summed E-state index contributed by atoms with van der Waals surface area (Å²) in [6.07, 6.45) is 4.54. The van der Waals surface area contributed by atoms with E-state index in [2.05, 4.69) is 39.4 Å². The van der Waals surface area contributed by atoms with E-state index in [0.29, 0.717) is 12.5 Å². The molecule has 2 N–H and O–H groups in total. The van der Waals surface area contributed by atoms with Crippen LogP contribution in [-0.4, -0.2) is 52.7 Å². The molecular formula is C14H23N5O. The number of likely N-dealkylation sites (tertiary alicyclic amines) is 1. The highest BCUT2D eigenvalue weighted by Crippen LogP contribution is 2.37. The van der Waals surface area contributed by atoms with Gasteiger partial charge >= 0.3 is 0 Å². The summed E-state index contributed by atoms with van der Waals surface area (Å²) >= 11 is 0. The molecule has 20 heavy (non-hydrogen) atoms. The first kappa shape index (κ1) is 13.5. The second-order valence-corrected chi connectivity index (χ2v) is 6.62. The number of amides is 1. The number of carbonyl (C=O) groups excluding carboxylic acids is 1. The van der Waals surface area contributed by atoms with Crippen molar-refractivity contribution >= 4 is 5.91 Å². The molecular weight excluding hydrogens is 254 g/mol. The number of piperidine rings is 1. The number of aromatic amines is 1. The third kappa shape index (κ3) is 3.00. The molecule has 1 amide bonds. The Morgan fingerprint density at radius 3 is 2.80 bits per heavy atom. The van der Waals surface area contributed by atoms with Crippen molar-refractivity contribution in [2.75, 3.05) is 26.7 Å². The molecule has 0 atom stereocenters. The van der Waals surface area contributed by atoms with Gasteiger partial charge in [-0.15, -0.1) is 5.10 Å². The van der Waals surface area contributed by atoms with Crippen LogP contribution >= 0.6 is 0 Å². The first-order chi connectivity index (χ1) is 9.56. The minimum Gasteiger partial charge on any atom is -0.349 e. The summed E-state index contributed by atoms with van der Waals surface area (Å²) in [4.78, 5) is 18.7. The minimum absolute atomic E-state index is 0.159. The summed E-state index contributed by atoms with van der Waals surface area (Å²) in [5.74, 6) is 1.48. The Hall–Kier alpha value is -1.43. The summed E-state index contributed by atoms with van der Waals surface area (Å²) in [5, 5.41) is 9.89. The van der Waals surface area contributed by atoms with Gasteiger partial charge in [0.15, 0.2) is 0 Å². The SMILES string of the molecule is CN1CCC(C)(CNC(=O)c2n[nH]c(C3CC3)n2)CC1. The maximum atomic E-state index is 12.1. The highest BCUT2D eigenvalue weighted by atomic mass is 16.2. The predicted octanol–water partition coefficient (Wildman–Crippen LogP) is 1.14. The van der Waals surface area contributed by atoms with Crippen molar-refractivity contribution in [3.05, 3.63) is 11.6 Å². The van der Waals surface area contributed by atoms with Gasteiger partial charge in [0.25, 0.3) is 5.91 Å². The van der Waals surface area contributed by atoms with Gasteiger partial charge in [0.1, 0.15) is 5.82 Å². The smallest absolute Gasteiger partial charge is 0.290 e. The largest absolute Gasteiger partial charge is 0.349 e. The molecule has 0 bridgehead atoms. The van der Waals surface area contributed by atoms with Crippen LogP contribution in [0, 0.1) is 5.41 Å². The standard InChI is InChI=1S/C14H23N5O/c1-14(5-7-19(2)8-6-14)9-15-13(20)12-16-11(17-18-12)10-3-4-10/h10H,3-9H2,1-2H3,(H,15,20)(H,16,17,18). The maximum absolute atomic E-state index is 12.1. The third-order valence-electron chi connectivity index (χ3n) is 4.54. The first-order valence-corrected chi connectivity index (χ1v) is 7.45. The molecule has 1 aliphatic carbocycles. The van der Waals surface area contributed by atoms with E-state index in [4.69, 9.17) is 0 Å². The summed E-state index contributed by atoms with van der Waals surface area (Å²) in [6, 6.07) is 0. The Labute approximate surface area is 119 Å². The Morgan fingerprint density at radius 2 is 2.15 bits per heavy atom. The van der Waals surface area contributed by atoms with Crippen LogP contribution in [0.25, 0.3) is 0 Å². The molecule has 0 unspecified atom stereocenters. The lowest BCUT2D eigenvalue weighted by Crippen LogP contribution is -2.43. The van der Waals surface area contributed by atoms with Crippen molar-refractivity contribution < 1.29 is 4.79 Å². The van der Waals surface area contributed by atoms with Crippen LogP contribution in [0.15, 0.2) is 0 Å². The fraction of sp³-hybridized carbons (Fsp3) is 0.786. The lowest BCUT2D eigenvalue weighted by atomic mass is 9.80. The van der Waals surface area contributed by atoms with Crippen LogP contribution < -0.4 is 5.32 Å². The van der Waals surface area contributed by atoms with Gasteiger partial charge < -0.3 is 10.2 Å². The van der Waals surface area contributed by atoms with Crippen molar-refractivity contribution in [1.82, 2.24) is 25.4 Å². The van der Waals surface area contributed by atoms with Gasteiger partial charge in [0.05, 0.1) is 0 Å². The van der Waals surface area contributed by atoms with Crippen LogP contribution in [0.5, 0.6) is 0 Å². The van der Waals surface area contributed by atoms with Crippen molar-refractivity contribution in [3.8, 4) is 0 Å². The Bertz CT molecular complexity index is 486. The molecule has 0 radical (unpaired) electrons. The van der Waals surface area contributed by atoms with Crippen molar-refractivity contribution in [3.63, 3.8) is 0 Å². The molecule has 2 aliphatic rings. The average Bonchev–Trinajstić information content (AvgIpc) is 3.18. The zero-order valence-electron chi connectivity index (χ0n) is 12.3. The van der Waals surface area contributed by atoms with E-state index in [-0.39, 0.29) is 17.1 Å². The van der Waals surface area contributed by atoms with Crippen molar-refractivity contribution in [1.29, 1.82) is 0 Å². The fourth-order valence-electron chi connectivity index (χ4n) is 2.62. The van der Waals surface area contributed by atoms with E-state index >= 15 is 0 Å². The Kier molecular flexibility index (Phi) is 3.50. The molecule has 1 saturated carbocycles. The molecule has 6 heteroatoms. The van der Waals surface area contributed by atoms with Gasteiger partial charge in [-0.25, -0.2) is 4.98 Å². The molecule has 0 aromatic carbocycles. The van der Waals surface area contributed by atoms with E-state index < -0.39 is 0 Å². The zero-order valence-corrected chi connectivity index (χ0v) is 12.3. The molecule has 0 spiro atoms. The predicted molar refractivity (Wildman–Crippen MR) is 75.5 cm³/mol. The van der Waals surface area contributed by atoms with E-state index in [1.54, 1.807) is 0 Å². The molecule has 1 aliphatic heterocycles. The van der Waals surface area contributed by atoms with Gasteiger partial charge in [0.2, 0.25) is 5.82 Å². The summed E-state index contributed by atoms with van der Waals surface area (Å²) in [7, 11) is 2.14. The third-order valence-corrected chi connectivity index (χ3v) is 4.54. The highest BCUT2D eigenvalue weighted by molar-refractivity contribution is 5.90. The van der Waals surface area contributed by atoms with Gasteiger partial charge in [-0.3, -0.25) is 9.89 Å². The molecule has 2 fully saturated rings. The number of nitrogens with one attached hydrogen (secondary N) is 2. The molecule has 1 aromatic heterocycles. The number of hydrogen-bond donors (Lipinski definition) is 2. The van der Waals surface area contributed by atoms with E-state index in [0.717, 1.165) is 44.6 Å². The molecule has 6 nitrogen and oxygen atoms in total. The Morgan fingerprint density at radius 1 is 1.45 bits per heavy atom. The number of nitrogens with zero attached hydrogens (tertiary/aromatic N) is 3. The normalized spacial score (nSPS) is 22.7. The van der Waals surface area contributed by atoms with Crippen LogP contribution in [0.1, 0.15) is 55.0 Å². The monoisotopic (exact) mass is 277 g/mol. The number of H-pyrrole nitrogens is 1. The Balaban J connectivity index is 1.53. The van der Waals surface area contributed by atoms with E-state index in [1.807, 2.05) is 0 Å². The molecule has 2 heterocycles. The van der Waals surface area contributed by atoms with Crippen molar-refractivity contribution in [2.45, 2.75) is 38.5 Å². The molecule has 1 saturated heterocycles. The first-order valence-electron chi connectivity index (χ1n) is 7.45. The van der Waals surface area contributed by atoms with Crippen LogP contribution in [-0.2, 0) is 0 Å². The minimum atomic E-state index is -0.159. The van der Waals surface area contributed by atoms with Gasteiger partial charge in [-0.2, -0.15) is 0 Å². The molecule has 1 aromatic rings. The number of aromatic nitrogens is 3. The summed E-state index contributed by atoms with van der Waals surface area (Å²) in [6.45, 7) is 5.14. The quantitative estimate of drug-likeness (QED) is 0.865. The lowest BCUT2D eigenvalue weighted by Gasteiger charge is -2.37. The maximum Gasteiger partial charge on any atom is 0.290 e. The molecule has 110 valence electrons. The van der Waals surface area contributed by atoms with Crippen molar-refractivity contribution in [2.24, 2.45) is 5.41 Å². The lowest BCUT2D eigenvalue weighted by molar-refractivity contribution is 0.0882. The van der Waals surface area contributed by atoms with Crippen LogP contribution in [0.3, 0.4) is 0 Å². The van der Waals surface area contributed by atoms with E-state index in [1.165, 1.54) is 0 Å². The van der Waals surface area contributed by atoms with Gasteiger partial charge in [0, 0.05) is 12.5 Å². The van der Waals surface area contributed by atoms with Gasteiger partial charge in [-0.1, -0.05) is 6.92 Å². The topological polar surface area (TPSA) is 73.9 Å². The fourth-order valence-corrected chi connectivity index (χ4v) is 2.62. The number of hydrogen-bond acceptors (Lipinski definition) is 4. The van der Waals surface area contributed by atoms with Gasteiger partial charge in [-0.05, 0) is 51.2 Å².